The molecule has 4 heteroatoms. The number of benzene rings is 2. The Labute approximate surface area is 169 Å². The van der Waals surface area contributed by atoms with Crippen molar-refractivity contribution < 1.29 is 0 Å². The van der Waals surface area contributed by atoms with Crippen LogP contribution in [0.3, 0.4) is 0 Å². The number of nitrogens with one attached hydrogen (secondary N) is 1. The van der Waals surface area contributed by atoms with Gasteiger partial charge >= 0.3 is 0 Å². The first-order chi connectivity index (χ1) is 14.3. The van der Waals surface area contributed by atoms with Gasteiger partial charge in [0.25, 0.3) is 0 Å². The lowest BCUT2D eigenvalue weighted by molar-refractivity contribution is 0.276. The minimum absolute atomic E-state index is 0.206. The van der Waals surface area contributed by atoms with Crippen molar-refractivity contribution in [2.24, 2.45) is 0 Å². The van der Waals surface area contributed by atoms with E-state index in [1.54, 1.807) is 0 Å². The minimum Gasteiger partial charge on any atom is -0.347 e. The zero-order chi connectivity index (χ0) is 19.4. The van der Waals surface area contributed by atoms with E-state index in [1.807, 2.05) is 12.4 Å². The molecule has 4 heterocycles. The number of hydrogen-bond acceptors (Lipinski definition) is 2. The molecule has 0 saturated heterocycles. The van der Waals surface area contributed by atoms with Crippen molar-refractivity contribution in [2.75, 3.05) is 6.54 Å². The summed E-state index contributed by atoms with van der Waals surface area (Å²) in [4.78, 5) is 6.55. The van der Waals surface area contributed by atoms with Crippen LogP contribution in [0.1, 0.15) is 34.0 Å². The summed E-state index contributed by atoms with van der Waals surface area (Å²) >= 11 is 0. The maximum absolute atomic E-state index is 8.84. The highest BCUT2D eigenvalue weighted by atomic mass is 15.2. The van der Waals surface area contributed by atoms with Gasteiger partial charge in [-0.15, -0.1) is 0 Å². The molecular formula is C25H22N4. The zero-order valence-corrected chi connectivity index (χ0v) is 16.2. The molecule has 0 amide bonds. The SMILES string of the molecule is N=C1c2cnccc2CC2c3c(c4ccccc4n3Cc3ccccc3)CCN12. The lowest BCUT2D eigenvalue weighted by Gasteiger charge is -2.42. The van der Waals surface area contributed by atoms with Gasteiger partial charge in [0.1, 0.15) is 5.84 Å². The number of pyridine rings is 1. The molecule has 6 rings (SSSR count). The Morgan fingerprint density at radius 2 is 1.83 bits per heavy atom. The van der Waals surface area contributed by atoms with E-state index in [0.29, 0.717) is 5.84 Å². The molecule has 2 aliphatic heterocycles. The first kappa shape index (κ1) is 16.5. The Kier molecular flexibility index (Phi) is 3.60. The fraction of sp³-hybridized carbons (Fsp3) is 0.200. The summed E-state index contributed by atoms with van der Waals surface area (Å²) < 4.78 is 2.50. The average Bonchev–Trinajstić information content (AvgIpc) is 3.09. The molecule has 4 nitrogen and oxygen atoms in total. The van der Waals surface area contributed by atoms with Crippen LogP contribution in [0.2, 0.25) is 0 Å². The fourth-order valence-corrected chi connectivity index (χ4v) is 5.16. The lowest BCUT2D eigenvalue weighted by Crippen LogP contribution is -2.45. The molecule has 29 heavy (non-hydrogen) atoms. The normalized spacial score (nSPS) is 17.7. The Morgan fingerprint density at radius 3 is 2.72 bits per heavy atom. The van der Waals surface area contributed by atoms with Gasteiger partial charge in [-0.25, -0.2) is 0 Å². The van der Waals surface area contributed by atoms with Crippen LogP contribution in [0.15, 0.2) is 73.1 Å². The Balaban J connectivity index is 1.56. The third-order valence-electron chi connectivity index (χ3n) is 6.46. The predicted octanol–water partition coefficient (Wildman–Crippen LogP) is 4.57. The molecule has 0 radical (unpaired) electrons. The summed E-state index contributed by atoms with van der Waals surface area (Å²) in [6.07, 6.45) is 5.61. The molecular weight excluding hydrogens is 356 g/mol. The van der Waals surface area contributed by atoms with E-state index in [9.17, 15) is 0 Å². The first-order valence-electron chi connectivity index (χ1n) is 10.2. The molecule has 2 aromatic carbocycles. The molecule has 4 aromatic rings. The molecule has 2 aliphatic rings. The summed E-state index contributed by atoms with van der Waals surface area (Å²) in [5.41, 5.74) is 7.67. The minimum atomic E-state index is 0.206. The number of amidine groups is 1. The second-order valence-electron chi connectivity index (χ2n) is 8.00. The molecule has 142 valence electrons. The van der Waals surface area contributed by atoms with Crippen molar-refractivity contribution in [3.8, 4) is 0 Å². The van der Waals surface area contributed by atoms with Gasteiger partial charge in [0, 0.05) is 47.6 Å². The van der Waals surface area contributed by atoms with Gasteiger partial charge in [0.05, 0.1) is 6.04 Å². The summed E-state index contributed by atoms with van der Waals surface area (Å²) in [5, 5.41) is 10.2. The van der Waals surface area contributed by atoms with Gasteiger partial charge in [-0.1, -0.05) is 48.5 Å². The highest BCUT2D eigenvalue weighted by Gasteiger charge is 2.38. The summed E-state index contributed by atoms with van der Waals surface area (Å²) in [7, 11) is 0. The third-order valence-corrected chi connectivity index (χ3v) is 6.46. The number of nitrogens with zero attached hydrogens (tertiary/aromatic N) is 3. The molecule has 0 aliphatic carbocycles. The van der Waals surface area contributed by atoms with Gasteiger partial charge in [0.2, 0.25) is 0 Å². The van der Waals surface area contributed by atoms with Crippen molar-refractivity contribution in [1.82, 2.24) is 14.5 Å². The van der Waals surface area contributed by atoms with Crippen molar-refractivity contribution in [2.45, 2.75) is 25.4 Å². The smallest absolute Gasteiger partial charge is 0.130 e. The van der Waals surface area contributed by atoms with E-state index in [-0.39, 0.29) is 6.04 Å². The monoisotopic (exact) mass is 378 g/mol. The second kappa shape index (κ2) is 6.31. The van der Waals surface area contributed by atoms with Gasteiger partial charge in [-0.05, 0) is 41.7 Å². The van der Waals surface area contributed by atoms with E-state index in [2.05, 4.69) is 75.1 Å². The van der Waals surface area contributed by atoms with Gasteiger partial charge < -0.3 is 9.47 Å². The highest BCUT2D eigenvalue weighted by molar-refractivity contribution is 5.99. The molecule has 0 fully saturated rings. The first-order valence-corrected chi connectivity index (χ1v) is 10.2. The molecule has 1 unspecified atom stereocenters. The summed E-state index contributed by atoms with van der Waals surface area (Å²) in [5.74, 6) is 0.617. The maximum atomic E-state index is 8.84. The van der Waals surface area contributed by atoms with Crippen LogP contribution < -0.4 is 0 Å². The Bertz CT molecular complexity index is 1240. The fourth-order valence-electron chi connectivity index (χ4n) is 5.16. The van der Waals surface area contributed by atoms with Crippen LogP contribution in [-0.4, -0.2) is 26.8 Å². The van der Waals surface area contributed by atoms with Crippen LogP contribution in [0.5, 0.6) is 0 Å². The van der Waals surface area contributed by atoms with E-state index in [4.69, 9.17) is 5.41 Å². The molecule has 1 atom stereocenters. The molecule has 0 saturated carbocycles. The predicted molar refractivity (Wildman–Crippen MR) is 115 cm³/mol. The van der Waals surface area contributed by atoms with Gasteiger partial charge in [0.15, 0.2) is 0 Å². The summed E-state index contributed by atoms with van der Waals surface area (Å²) in [6, 6.07) is 21.8. The number of rotatable bonds is 2. The molecule has 0 bridgehead atoms. The lowest BCUT2D eigenvalue weighted by atomic mass is 9.87. The van der Waals surface area contributed by atoms with Crippen LogP contribution in [0.4, 0.5) is 0 Å². The van der Waals surface area contributed by atoms with Crippen LogP contribution >= 0.6 is 0 Å². The number of para-hydroxylation sites is 1. The Hall–Kier alpha value is -3.40. The molecule has 0 spiro atoms. The zero-order valence-electron chi connectivity index (χ0n) is 16.2. The van der Waals surface area contributed by atoms with E-state index in [1.165, 1.54) is 33.3 Å². The number of fused-ring (bicyclic) bond motifs is 6. The average molecular weight is 378 g/mol. The van der Waals surface area contributed by atoms with Crippen LogP contribution in [-0.2, 0) is 19.4 Å². The second-order valence-corrected chi connectivity index (χ2v) is 8.00. The number of hydrogen-bond donors (Lipinski definition) is 1. The van der Waals surface area contributed by atoms with Crippen molar-refractivity contribution >= 4 is 16.7 Å². The van der Waals surface area contributed by atoms with Crippen LogP contribution in [0.25, 0.3) is 10.9 Å². The number of aromatic nitrogens is 2. The highest BCUT2D eigenvalue weighted by Crippen LogP contribution is 2.42. The topological polar surface area (TPSA) is 44.9 Å². The van der Waals surface area contributed by atoms with Crippen molar-refractivity contribution in [3.63, 3.8) is 0 Å². The largest absolute Gasteiger partial charge is 0.347 e. The quantitative estimate of drug-likeness (QED) is 0.555. The van der Waals surface area contributed by atoms with E-state index >= 15 is 0 Å². The van der Waals surface area contributed by atoms with E-state index in [0.717, 1.165) is 31.5 Å². The van der Waals surface area contributed by atoms with Gasteiger partial charge in [-0.2, -0.15) is 0 Å². The van der Waals surface area contributed by atoms with Crippen LogP contribution in [0, 0.1) is 5.41 Å². The van der Waals surface area contributed by atoms with Crippen molar-refractivity contribution in [3.05, 3.63) is 101 Å². The van der Waals surface area contributed by atoms with E-state index < -0.39 is 0 Å². The van der Waals surface area contributed by atoms with Crippen molar-refractivity contribution in [1.29, 1.82) is 5.41 Å². The third kappa shape index (κ3) is 2.45. The summed E-state index contributed by atoms with van der Waals surface area (Å²) in [6.45, 7) is 1.75. The molecule has 1 N–H and O–H groups in total. The standard InChI is InChI=1S/C25H22N4/c26-25-21-15-27-12-10-18(21)14-23-24-20(11-13-28(23)25)19-8-4-5-9-22(19)29(24)16-17-6-2-1-3-7-17/h1-10,12,15,23,26H,11,13-14,16H2. The molecule has 2 aromatic heterocycles. The van der Waals surface area contributed by atoms with Gasteiger partial charge in [-0.3, -0.25) is 10.4 Å². The maximum Gasteiger partial charge on any atom is 0.130 e. The Morgan fingerprint density at radius 1 is 1.00 bits per heavy atom.